The van der Waals surface area contributed by atoms with E-state index in [1.165, 1.54) is 6.07 Å². The van der Waals surface area contributed by atoms with E-state index in [4.69, 9.17) is 0 Å². The lowest BCUT2D eigenvalue weighted by Crippen LogP contribution is -2.63. The van der Waals surface area contributed by atoms with Gasteiger partial charge in [0.1, 0.15) is 0 Å². The van der Waals surface area contributed by atoms with Crippen molar-refractivity contribution in [1.82, 2.24) is 16.0 Å². The van der Waals surface area contributed by atoms with Gasteiger partial charge in [-0.3, -0.25) is 9.59 Å². The van der Waals surface area contributed by atoms with Crippen LogP contribution in [0.25, 0.3) is 0 Å². The molecule has 0 aromatic heterocycles. The van der Waals surface area contributed by atoms with E-state index in [1.54, 1.807) is 0 Å². The summed E-state index contributed by atoms with van der Waals surface area (Å²) < 4.78 is 38.8. The third-order valence-electron chi connectivity index (χ3n) is 7.68. The van der Waals surface area contributed by atoms with Gasteiger partial charge in [-0.25, -0.2) is 0 Å². The summed E-state index contributed by atoms with van der Waals surface area (Å²) in [6.07, 6.45) is -3.38. The zero-order valence-electron chi connectivity index (χ0n) is 20.6. The first kappa shape index (κ1) is 27.1. The predicted octanol–water partition coefficient (Wildman–Crippen LogP) is 2.64. The molecule has 5 N–H and O–H groups in total. The van der Waals surface area contributed by atoms with Gasteiger partial charge in [0.25, 0.3) is 5.91 Å². The summed E-state index contributed by atoms with van der Waals surface area (Å²) in [6.45, 7) is 2.13. The molecule has 1 aliphatic heterocycles. The number of hydrogen-bond acceptors (Lipinski definition) is 5. The maximum Gasteiger partial charge on any atom is 0.416 e. The largest absolute Gasteiger partial charge is 0.416 e. The van der Waals surface area contributed by atoms with Crippen LogP contribution < -0.4 is 16.0 Å². The maximum atomic E-state index is 12.9. The van der Waals surface area contributed by atoms with Gasteiger partial charge >= 0.3 is 6.18 Å². The van der Waals surface area contributed by atoms with Crippen LogP contribution in [-0.2, 0) is 16.6 Å². The average molecular weight is 520 g/mol. The molecule has 1 saturated heterocycles. The van der Waals surface area contributed by atoms with Crippen molar-refractivity contribution in [1.29, 1.82) is 0 Å². The Labute approximate surface area is 213 Å². The zero-order valence-corrected chi connectivity index (χ0v) is 20.6. The van der Waals surface area contributed by atoms with Gasteiger partial charge in [-0.2, -0.15) is 13.2 Å². The highest BCUT2D eigenvalue weighted by molar-refractivity contribution is 5.96. The fourth-order valence-corrected chi connectivity index (χ4v) is 5.60. The number of benzene rings is 2. The minimum atomic E-state index is -4.59. The Kier molecular flexibility index (Phi) is 7.64. The second-order valence-electron chi connectivity index (χ2n) is 10.2. The van der Waals surface area contributed by atoms with Crippen molar-refractivity contribution in [2.75, 3.05) is 19.6 Å². The summed E-state index contributed by atoms with van der Waals surface area (Å²) in [7, 11) is 0. The number of aryl methyl sites for hydroxylation is 1. The van der Waals surface area contributed by atoms with Crippen molar-refractivity contribution in [3.8, 4) is 0 Å². The lowest BCUT2D eigenvalue weighted by atomic mass is 9.67. The van der Waals surface area contributed by atoms with Gasteiger partial charge in [-0.05, 0) is 62.3 Å². The molecule has 1 heterocycles. The average Bonchev–Trinajstić information content (AvgIpc) is 3.23. The van der Waals surface area contributed by atoms with Crippen LogP contribution in [0.5, 0.6) is 0 Å². The fourth-order valence-electron chi connectivity index (χ4n) is 5.60. The predicted molar refractivity (Wildman–Crippen MR) is 131 cm³/mol. The number of rotatable bonds is 6. The number of alkyl halides is 3. The summed E-state index contributed by atoms with van der Waals surface area (Å²) >= 11 is 0. The molecule has 0 bridgehead atoms. The minimum absolute atomic E-state index is 0.120. The summed E-state index contributed by atoms with van der Waals surface area (Å²) in [5, 5.41) is 30.5. The van der Waals surface area contributed by atoms with Gasteiger partial charge < -0.3 is 26.2 Å². The third-order valence-corrected chi connectivity index (χ3v) is 7.68. The summed E-state index contributed by atoms with van der Waals surface area (Å²) in [5.74, 6) is -1.48. The molecule has 2 amide bonds. The molecule has 2 aliphatic rings. The second kappa shape index (κ2) is 10.4. The molecule has 2 fully saturated rings. The highest BCUT2D eigenvalue weighted by Gasteiger charge is 2.51. The molecule has 1 aliphatic carbocycles. The van der Waals surface area contributed by atoms with E-state index >= 15 is 0 Å². The number of hydrogen-bond donors (Lipinski definition) is 5. The zero-order chi connectivity index (χ0) is 26.8. The molecule has 0 spiro atoms. The standard InChI is InChI=1S/C27H32F3N3O4/c1-17-4-2-6-20(12-17)25(37)10-8-19(9-11-25)26(16-31-14-22(26)34)33-23(35)15-32-24(36)18-5-3-7-21(13-18)27(28,29)30/h2-7,12-13,19,22,31,34,37H,8-11,14-16H2,1H3,(H,32,36)(H,33,35)/t19?,22-,25?,26+/m0/s1. The molecule has 7 nitrogen and oxygen atoms in total. The van der Waals surface area contributed by atoms with Crippen molar-refractivity contribution in [2.24, 2.45) is 5.92 Å². The molecular formula is C27H32F3N3O4. The number of β-amino-alcohol motifs (C(OH)–C–C–N with tert-alkyl or cyclic N) is 1. The van der Waals surface area contributed by atoms with Crippen LogP contribution in [0.3, 0.4) is 0 Å². The van der Waals surface area contributed by atoms with Crippen LogP contribution in [0.15, 0.2) is 48.5 Å². The third kappa shape index (κ3) is 5.81. The van der Waals surface area contributed by atoms with Crippen LogP contribution in [-0.4, -0.2) is 53.3 Å². The summed E-state index contributed by atoms with van der Waals surface area (Å²) in [5.41, 5.74) is -1.21. The number of aliphatic hydroxyl groups excluding tert-OH is 1. The monoisotopic (exact) mass is 519 g/mol. The molecule has 0 radical (unpaired) electrons. The molecule has 200 valence electrons. The molecule has 4 rings (SSSR count). The van der Waals surface area contributed by atoms with Crippen LogP contribution >= 0.6 is 0 Å². The smallest absolute Gasteiger partial charge is 0.389 e. The first-order valence-electron chi connectivity index (χ1n) is 12.4. The van der Waals surface area contributed by atoms with Crippen LogP contribution in [0, 0.1) is 12.8 Å². The van der Waals surface area contributed by atoms with Crippen molar-refractivity contribution in [2.45, 2.75) is 56.0 Å². The van der Waals surface area contributed by atoms with E-state index in [-0.39, 0.29) is 18.0 Å². The lowest BCUT2D eigenvalue weighted by Gasteiger charge is -2.46. The number of halogens is 3. The quantitative estimate of drug-likeness (QED) is 0.403. The Morgan fingerprint density at radius 3 is 2.43 bits per heavy atom. The SMILES string of the molecule is Cc1cccc(C2(O)CCC([C@]3(NC(=O)CNC(=O)c4cccc(C(F)(F)F)c4)CNC[C@@H]3O)CC2)c1. The Morgan fingerprint density at radius 2 is 1.81 bits per heavy atom. The van der Waals surface area contributed by atoms with Crippen molar-refractivity contribution in [3.05, 3.63) is 70.8 Å². The van der Waals surface area contributed by atoms with Gasteiger partial charge in [0.15, 0.2) is 0 Å². The lowest BCUT2D eigenvalue weighted by molar-refractivity contribution is -0.137. The summed E-state index contributed by atoms with van der Waals surface area (Å²) in [4.78, 5) is 25.2. The van der Waals surface area contributed by atoms with Crippen molar-refractivity contribution in [3.63, 3.8) is 0 Å². The number of nitrogens with one attached hydrogen (secondary N) is 3. The Balaban J connectivity index is 1.40. The van der Waals surface area contributed by atoms with Crippen molar-refractivity contribution >= 4 is 11.8 Å². The second-order valence-corrected chi connectivity index (χ2v) is 10.2. The Bertz CT molecular complexity index is 1150. The highest BCUT2D eigenvalue weighted by atomic mass is 19.4. The molecular weight excluding hydrogens is 487 g/mol. The van der Waals surface area contributed by atoms with Gasteiger partial charge in [-0.15, -0.1) is 0 Å². The van der Waals surface area contributed by atoms with E-state index in [9.17, 15) is 33.0 Å². The Morgan fingerprint density at radius 1 is 1.11 bits per heavy atom. The highest BCUT2D eigenvalue weighted by Crippen LogP contribution is 2.44. The number of carbonyl (C=O) groups is 2. The molecule has 37 heavy (non-hydrogen) atoms. The molecule has 1 saturated carbocycles. The Hall–Kier alpha value is -2.95. The van der Waals surface area contributed by atoms with Crippen LogP contribution in [0.2, 0.25) is 0 Å². The van der Waals surface area contributed by atoms with Gasteiger partial charge in [0.05, 0.1) is 29.4 Å². The molecule has 2 atom stereocenters. The van der Waals surface area contributed by atoms with Crippen LogP contribution in [0.1, 0.15) is 52.7 Å². The van der Waals surface area contributed by atoms with Gasteiger partial charge in [0.2, 0.25) is 5.91 Å². The topological polar surface area (TPSA) is 111 Å². The maximum absolute atomic E-state index is 12.9. The van der Waals surface area contributed by atoms with E-state index in [2.05, 4.69) is 16.0 Å². The normalized spacial score (nSPS) is 28.1. The van der Waals surface area contributed by atoms with Crippen molar-refractivity contribution < 1.29 is 33.0 Å². The van der Waals surface area contributed by atoms with E-state index in [0.717, 1.165) is 29.3 Å². The molecule has 2 aromatic rings. The number of carbonyl (C=O) groups excluding carboxylic acids is 2. The first-order chi connectivity index (χ1) is 17.4. The van der Waals surface area contributed by atoms with Gasteiger partial charge in [-0.1, -0.05) is 35.9 Å². The first-order valence-corrected chi connectivity index (χ1v) is 12.4. The minimum Gasteiger partial charge on any atom is -0.389 e. The fraction of sp³-hybridized carbons (Fsp3) is 0.481. The molecule has 2 aromatic carbocycles. The van der Waals surface area contributed by atoms with E-state index in [1.807, 2.05) is 31.2 Å². The molecule has 0 unspecified atom stereocenters. The number of aliphatic hydroxyl groups is 2. The van der Waals surface area contributed by atoms with E-state index in [0.29, 0.717) is 32.2 Å². The summed E-state index contributed by atoms with van der Waals surface area (Å²) in [6, 6.07) is 11.7. The van der Waals surface area contributed by atoms with Gasteiger partial charge in [0, 0.05) is 18.7 Å². The molecule has 10 heteroatoms. The van der Waals surface area contributed by atoms with E-state index < -0.39 is 47.3 Å². The number of amides is 2. The van der Waals surface area contributed by atoms with Crippen LogP contribution in [0.4, 0.5) is 13.2 Å².